The van der Waals surface area contributed by atoms with Crippen LogP contribution in [-0.2, 0) is 17.9 Å². The summed E-state index contributed by atoms with van der Waals surface area (Å²) in [5.74, 6) is 0.378. The third-order valence-corrected chi connectivity index (χ3v) is 3.45. The molecule has 0 saturated carbocycles. The van der Waals surface area contributed by atoms with Crippen LogP contribution < -0.4 is 10.1 Å². The third kappa shape index (κ3) is 4.33. The molecule has 1 N–H and O–H groups in total. The monoisotopic (exact) mass is 342 g/mol. The van der Waals surface area contributed by atoms with Crippen molar-refractivity contribution in [2.24, 2.45) is 0 Å². The van der Waals surface area contributed by atoms with E-state index < -0.39 is 0 Å². The van der Waals surface area contributed by atoms with Gasteiger partial charge in [0, 0.05) is 5.02 Å². The summed E-state index contributed by atoms with van der Waals surface area (Å²) in [6.07, 6.45) is 2.87. The Kier molecular flexibility index (Phi) is 5.08. The van der Waals surface area contributed by atoms with Crippen molar-refractivity contribution in [3.63, 3.8) is 0 Å². The smallest absolute Gasteiger partial charge is 0.246 e. The summed E-state index contributed by atoms with van der Waals surface area (Å²) in [6, 6.07) is 14.7. The maximum Gasteiger partial charge on any atom is 0.246 e. The summed E-state index contributed by atoms with van der Waals surface area (Å²) in [5, 5.41) is 7.38. The molecule has 1 amide bonds. The van der Waals surface area contributed by atoms with E-state index in [1.165, 1.54) is 17.3 Å². The first-order valence-corrected chi connectivity index (χ1v) is 7.67. The molecule has 0 bridgehead atoms. The van der Waals surface area contributed by atoms with Crippen LogP contribution in [0.25, 0.3) is 0 Å². The lowest BCUT2D eigenvalue weighted by molar-refractivity contribution is -0.116. The van der Waals surface area contributed by atoms with E-state index in [9.17, 15) is 4.79 Å². The largest absolute Gasteiger partial charge is 0.487 e. The Morgan fingerprint density at radius 1 is 1.21 bits per heavy atom. The van der Waals surface area contributed by atoms with Crippen LogP contribution in [0.3, 0.4) is 0 Å². The van der Waals surface area contributed by atoms with Crippen molar-refractivity contribution in [1.82, 2.24) is 14.8 Å². The number of hydrogen-bond donors (Lipinski definition) is 1. The number of para-hydroxylation sites is 2. The topological polar surface area (TPSA) is 69.0 Å². The van der Waals surface area contributed by atoms with E-state index in [1.54, 1.807) is 12.1 Å². The van der Waals surface area contributed by atoms with Crippen LogP contribution >= 0.6 is 11.6 Å². The number of benzene rings is 2. The van der Waals surface area contributed by atoms with E-state index in [4.69, 9.17) is 16.3 Å². The lowest BCUT2D eigenvalue weighted by Gasteiger charge is -2.12. The van der Waals surface area contributed by atoms with Gasteiger partial charge in [-0.05, 0) is 29.8 Å². The first-order valence-electron chi connectivity index (χ1n) is 7.29. The quantitative estimate of drug-likeness (QED) is 0.747. The van der Waals surface area contributed by atoms with Crippen LogP contribution in [0.4, 0.5) is 5.69 Å². The summed E-state index contributed by atoms with van der Waals surface area (Å²) in [5.41, 5.74) is 1.55. The van der Waals surface area contributed by atoms with Crippen LogP contribution in [0.2, 0.25) is 5.02 Å². The number of nitrogens with zero attached hydrogens (tertiary/aromatic N) is 3. The molecule has 1 aromatic heterocycles. The third-order valence-electron chi connectivity index (χ3n) is 3.22. The van der Waals surface area contributed by atoms with Crippen LogP contribution in [0, 0.1) is 0 Å². The Hall–Kier alpha value is -2.86. The second kappa shape index (κ2) is 7.61. The minimum absolute atomic E-state index is 0.0859. The summed E-state index contributed by atoms with van der Waals surface area (Å²) in [6.45, 7) is 0.444. The van der Waals surface area contributed by atoms with Gasteiger partial charge in [-0.3, -0.25) is 4.79 Å². The SMILES string of the molecule is O=C(Cn1cncn1)Nc1ccccc1OCc1cccc(Cl)c1. The molecule has 0 unspecified atom stereocenters. The van der Waals surface area contributed by atoms with Gasteiger partial charge < -0.3 is 10.1 Å². The molecular weight excluding hydrogens is 328 g/mol. The van der Waals surface area contributed by atoms with Gasteiger partial charge in [0.25, 0.3) is 0 Å². The minimum Gasteiger partial charge on any atom is -0.487 e. The van der Waals surface area contributed by atoms with Gasteiger partial charge in [-0.25, -0.2) is 9.67 Å². The van der Waals surface area contributed by atoms with E-state index in [1.807, 2.05) is 36.4 Å². The van der Waals surface area contributed by atoms with Crippen LogP contribution in [0.5, 0.6) is 5.75 Å². The standard InChI is InChI=1S/C17H15ClN4O2/c18-14-5-3-4-13(8-14)10-24-16-7-2-1-6-15(16)21-17(23)9-22-12-19-11-20-22/h1-8,11-12H,9-10H2,(H,21,23). The number of ether oxygens (including phenoxy) is 1. The van der Waals surface area contributed by atoms with Gasteiger partial charge in [0.05, 0.1) is 5.69 Å². The lowest BCUT2D eigenvalue weighted by Crippen LogP contribution is -2.19. The Morgan fingerprint density at radius 2 is 2.08 bits per heavy atom. The zero-order valence-corrected chi connectivity index (χ0v) is 13.5. The van der Waals surface area contributed by atoms with Crippen molar-refractivity contribution in [2.45, 2.75) is 13.2 Å². The molecule has 0 atom stereocenters. The van der Waals surface area contributed by atoms with E-state index in [0.29, 0.717) is 23.1 Å². The van der Waals surface area contributed by atoms with Gasteiger partial charge in [0.2, 0.25) is 5.91 Å². The molecule has 0 aliphatic carbocycles. The normalized spacial score (nSPS) is 10.4. The van der Waals surface area contributed by atoms with E-state index >= 15 is 0 Å². The summed E-state index contributed by atoms with van der Waals surface area (Å²) < 4.78 is 7.26. The summed E-state index contributed by atoms with van der Waals surface area (Å²) in [4.78, 5) is 15.9. The second-order valence-corrected chi connectivity index (χ2v) is 5.49. The average Bonchev–Trinajstić information content (AvgIpc) is 3.07. The highest BCUT2D eigenvalue weighted by atomic mass is 35.5. The molecule has 0 radical (unpaired) electrons. The number of aromatic nitrogens is 3. The van der Waals surface area contributed by atoms with Gasteiger partial charge in [-0.2, -0.15) is 5.10 Å². The Morgan fingerprint density at radius 3 is 2.88 bits per heavy atom. The number of hydrogen-bond acceptors (Lipinski definition) is 4. The molecule has 3 rings (SSSR count). The number of nitrogens with one attached hydrogen (secondary N) is 1. The van der Waals surface area contributed by atoms with Crippen molar-refractivity contribution >= 4 is 23.2 Å². The molecule has 7 heteroatoms. The van der Waals surface area contributed by atoms with Gasteiger partial charge in [-0.1, -0.05) is 35.9 Å². The molecular formula is C17H15ClN4O2. The first kappa shape index (κ1) is 16.0. The molecule has 0 aliphatic rings. The average molecular weight is 343 g/mol. The summed E-state index contributed by atoms with van der Waals surface area (Å²) >= 11 is 5.97. The predicted molar refractivity (Wildman–Crippen MR) is 90.9 cm³/mol. The lowest BCUT2D eigenvalue weighted by atomic mass is 10.2. The number of anilines is 1. The number of rotatable bonds is 6. The molecule has 2 aromatic carbocycles. The molecule has 24 heavy (non-hydrogen) atoms. The molecule has 6 nitrogen and oxygen atoms in total. The molecule has 3 aromatic rings. The molecule has 0 aliphatic heterocycles. The van der Waals surface area contributed by atoms with Gasteiger partial charge in [-0.15, -0.1) is 0 Å². The van der Waals surface area contributed by atoms with Crippen molar-refractivity contribution in [1.29, 1.82) is 0 Å². The highest BCUT2D eigenvalue weighted by Crippen LogP contribution is 2.25. The van der Waals surface area contributed by atoms with Crippen LogP contribution in [0.15, 0.2) is 61.2 Å². The number of carbonyl (C=O) groups excluding carboxylic acids is 1. The fourth-order valence-corrected chi connectivity index (χ4v) is 2.35. The second-order valence-electron chi connectivity index (χ2n) is 5.06. The maximum absolute atomic E-state index is 12.1. The Balaban J connectivity index is 1.65. The molecule has 0 fully saturated rings. The predicted octanol–water partition coefficient (Wildman–Crippen LogP) is 3.15. The van der Waals surface area contributed by atoms with Crippen LogP contribution in [-0.4, -0.2) is 20.7 Å². The molecule has 0 saturated heterocycles. The zero-order chi connectivity index (χ0) is 16.8. The van der Waals surface area contributed by atoms with Crippen molar-refractivity contribution in [2.75, 3.05) is 5.32 Å². The molecule has 122 valence electrons. The van der Waals surface area contributed by atoms with Crippen molar-refractivity contribution in [3.05, 3.63) is 71.8 Å². The number of halogens is 1. The minimum atomic E-state index is -0.209. The van der Waals surface area contributed by atoms with Crippen molar-refractivity contribution < 1.29 is 9.53 Å². The van der Waals surface area contributed by atoms with Gasteiger partial charge in [0.15, 0.2) is 0 Å². The first-order chi connectivity index (χ1) is 11.7. The number of carbonyl (C=O) groups is 1. The molecule has 0 spiro atoms. The number of amides is 1. The maximum atomic E-state index is 12.1. The van der Waals surface area contributed by atoms with E-state index in [0.717, 1.165) is 5.56 Å². The Labute approximate surface area is 144 Å². The van der Waals surface area contributed by atoms with E-state index in [2.05, 4.69) is 15.4 Å². The van der Waals surface area contributed by atoms with Crippen LogP contribution in [0.1, 0.15) is 5.56 Å². The van der Waals surface area contributed by atoms with Gasteiger partial charge in [0.1, 0.15) is 31.6 Å². The molecule has 1 heterocycles. The fourth-order valence-electron chi connectivity index (χ4n) is 2.13. The van der Waals surface area contributed by atoms with E-state index in [-0.39, 0.29) is 12.5 Å². The fraction of sp³-hybridized carbons (Fsp3) is 0.118. The highest BCUT2D eigenvalue weighted by Gasteiger charge is 2.09. The Bertz CT molecular complexity index is 821. The summed E-state index contributed by atoms with van der Waals surface area (Å²) in [7, 11) is 0. The zero-order valence-electron chi connectivity index (χ0n) is 12.7. The highest BCUT2D eigenvalue weighted by molar-refractivity contribution is 6.30. The van der Waals surface area contributed by atoms with Crippen molar-refractivity contribution in [3.8, 4) is 5.75 Å². The van der Waals surface area contributed by atoms with Gasteiger partial charge >= 0.3 is 0 Å².